The summed E-state index contributed by atoms with van der Waals surface area (Å²) in [5.74, 6) is 0.163. The molecular formula is C17H20N4O3. The first kappa shape index (κ1) is 17.5. The van der Waals surface area contributed by atoms with Crippen molar-refractivity contribution in [1.29, 1.82) is 5.26 Å². The van der Waals surface area contributed by atoms with Gasteiger partial charge >= 0.3 is 0 Å². The Morgan fingerprint density at radius 3 is 2.62 bits per heavy atom. The molecule has 0 saturated carbocycles. The fourth-order valence-corrected chi connectivity index (χ4v) is 2.32. The van der Waals surface area contributed by atoms with Crippen molar-refractivity contribution >= 4 is 18.0 Å². The van der Waals surface area contributed by atoms with Crippen LogP contribution in [0.5, 0.6) is 5.75 Å². The number of ether oxygens (including phenoxy) is 1. The standard InChI is InChI=1S/C17H20N4O3/c18-9-8-16(22)20-19-12-14-4-6-15(7-5-14)24-13-17(23)21-10-2-1-3-11-21/h4-7,12H,1-3,8,10-11,13H2,(H,20,22)/b19-12-. The van der Waals surface area contributed by atoms with E-state index in [-0.39, 0.29) is 18.9 Å². The van der Waals surface area contributed by atoms with E-state index in [1.165, 1.54) is 12.6 Å². The highest BCUT2D eigenvalue weighted by Gasteiger charge is 2.16. The van der Waals surface area contributed by atoms with Crippen molar-refractivity contribution in [2.45, 2.75) is 25.7 Å². The fraction of sp³-hybridized carbons (Fsp3) is 0.412. The van der Waals surface area contributed by atoms with Crippen molar-refractivity contribution in [2.75, 3.05) is 19.7 Å². The van der Waals surface area contributed by atoms with Crippen LogP contribution in [0.25, 0.3) is 0 Å². The molecule has 0 unspecified atom stereocenters. The van der Waals surface area contributed by atoms with Crippen molar-refractivity contribution in [3.8, 4) is 11.8 Å². The van der Waals surface area contributed by atoms with Gasteiger partial charge in [0.05, 0.1) is 12.3 Å². The van der Waals surface area contributed by atoms with Crippen LogP contribution in [0.2, 0.25) is 0 Å². The van der Waals surface area contributed by atoms with Gasteiger partial charge < -0.3 is 9.64 Å². The van der Waals surface area contributed by atoms with Gasteiger partial charge in [0.2, 0.25) is 0 Å². The summed E-state index contributed by atoms with van der Waals surface area (Å²) < 4.78 is 5.51. The van der Waals surface area contributed by atoms with E-state index in [0.29, 0.717) is 5.75 Å². The predicted molar refractivity (Wildman–Crippen MR) is 88.3 cm³/mol. The van der Waals surface area contributed by atoms with Crippen LogP contribution in [0.1, 0.15) is 31.2 Å². The molecule has 2 amide bonds. The first-order chi connectivity index (χ1) is 11.7. The van der Waals surface area contributed by atoms with E-state index in [1.54, 1.807) is 30.3 Å². The van der Waals surface area contributed by atoms with Gasteiger partial charge in [-0.05, 0) is 49.1 Å². The van der Waals surface area contributed by atoms with Gasteiger partial charge in [-0.25, -0.2) is 5.43 Å². The van der Waals surface area contributed by atoms with Crippen molar-refractivity contribution in [2.24, 2.45) is 5.10 Å². The highest BCUT2D eigenvalue weighted by molar-refractivity contribution is 5.83. The highest BCUT2D eigenvalue weighted by atomic mass is 16.5. The molecular weight excluding hydrogens is 308 g/mol. The van der Waals surface area contributed by atoms with E-state index < -0.39 is 5.91 Å². The molecule has 1 saturated heterocycles. The molecule has 1 aliphatic rings. The van der Waals surface area contributed by atoms with Crippen molar-refractivity contribution < 1.29 is 14.3 Å². The molecule has 2 rings (SSSR count). The lowest BCUT2D eigenvalue weighted by atomic mass is 10.1. The number of piperidine rings is 1. The summed E-state index contributed by atoms with van der Waals surface area (Å²) in [5, 5.41) is 12.1. The second-order valence-electron chi connectivity index (χ2n) is 5.43. The molecule has 0 spiro atoms. The second-order valence-corrected chi connectivity index (χ2v) is 5.43. The summed E-state index contributed by atoms with van der Waals surface area (Å²) in [6.07, 6.45) is 4.55. The number of nitrogens with zero attached hydrogens (tertiary/aromatic N) is 3. The largest absolute Gasteiger partial charge is 0.484 e. The zero-order chi connectivity index (χ0) is 17.2. The molecule has 1 aromatic rings. The third-order valence-electron chi connectivity index (χ3n) is 3.59. The molecule has 24 heavy (non-hydrogen) atoms. The van der Waals surface area contributed by atoms with Gasteiger partial charge in [-0.15, -0.1) is 0 Å². The summed E-state index contributed by atoms with van der Waals surface area (Å²) in [7, 11) is 0. The van der Waals surface area contributed by atoms with Crippen molar-refractivity contribution in [3.05, 3.63) is 29.8 Å². The Hall–Kier alpha value is -2.88. The Morgan fingerprint density at radius 2 is 1.96 bits per heavy atom. The fourth-order valence-electron chi connectivity index (χ4n) is 2.32. The Balaban J connectivity index is 1.77. The van der Waals surface area contributed by atoms with Gasteiger partial charge in [-0.2, -0.15) is 10.4 Å². The molecule has 0 aliphatic carbocycles. The van der Waals surface area contributed by atoms with Crippen LogP contribution in [0.15, 0.2) is 29.4 Å². The van der Waals surface area contributed by atoms with Gasteiger partial charge in [0, 0.05) is 13.1 Å². The van der Waals surface area contributed by atoms with E-state index in [4.69, 9.17) is 10.00 Å². The maximum atomic E-state index is 12.0. The molecule has 0 bridgehead atoms. The monoisotopic (exact) mass is 328 g/mol. The SMILES string of the molecule is N#CCC(=O)N/N=C\c1ccc(OCC(=O)N2CCCCC2)cc1. The molecule has 1 heterocycles. The van der Waals surface area contributed by atoms with Gasteiger partial charge in [-0.1, -0.05) is 0 Å². The lowest BCUT2D eigenvalue weighted by Gasteiger charge is -2.26. The van der Waals surface area contributed by atoms with E-state index in [0.717, 1.165) is 31.5 Å². The van der Waals surface area contributed by atoms with Crippen LogP contribution >= 0.6 is 0 Å². The first-order valence-electron chi connectivity index (χ1n) is 7.88. The van der Waals surface area contributed by atoms with E-state index >= 15 is 0 Å². The maximum Gasteiger partial charge on any atom is 0.260 e. The van der Waals surface area contributed by atoms with Crippen LogP contribution in [0.4, 0.5) is 0 Å². The molecule has 1 aromatic carbocycles. The number of carbonyl (C=O) groups excluding carboxylic acids is 2. The average molecular weight is 328 g/mol. The Bertz CT molecular complexity index is 628. The third kappa shape index (κ3) is 5.72. The number of carbonyl (C=O) groups is 2. The minimum Gasteiger partial charge on any atom is -0.484 e. The van der Waals surface area contributed by atoms with Gasteiger partial charge in [0.25, 0.3) is 11.8 Å². The minimum atomic E-state index is -0.454. The van der Waals surface area contributed by atoms with Crippen molar-refractivity contribution in [3.63, 3.8) is 0 Å². The summed E-state index contributed by atoms with van der Waals surface area (Å²) in [6.45, 7) is 1.67. The number of hydrazone groups is 1. The number of benzene rings is 1. The summed E-state index contributed by atoms with van der Waals surface area (Å²) >= 11 is 0. The topological polar surface area (TPSA) is 94.8 Å². The average Bonchev–Trinajstić information content (AvgIpc) is 2.62. The van der Waals surface area contributed by atoms with Gasteiger partial charge in [-0.3, -0.25) is 9.59 Å². The van der Waals surface area contributed by atoms with Crippen LogP contribution in [0.3, 0.4) is 0 Å². The third-order valence-corrected chi connectivity index (χ3v) is 3.59. The molecule has 126 valence electrons. The maximum absolute atomic E-state index is 12.0. The van der Waals surface area contributed by atoms with E-state index in [2.05, 4.69) is 10.5 Å². The Labute approximate surface area is 140 Å². The lowest BCUT2D eigenvalue weighted by molar-refractivity contribution is -0.134. The van der Waals surface area contributed by atoms with E-state index in [1.807, 2.05) is 4.90 Å². The number of amides is 2. The number of rotatable bonds is 6. The van der Waals surface area contributed by atoms with Gasteiger partial charge in [0.1, 0.15) is 12.2 Å². The van der Waals surface area contributed by atoms with Crippen molar-refractivity contribution in [1.82, 2.24) is 10.3 Å². The zero-order valence-corrected chi connectivity index (χ0v) is 13.4. The quantitative estimate of drug-likeness (QED) is 0.631. The summed E-state index contributed by atoms with van der Waals surface area (Å²) in [4.78, 5) is 24.9. The zero-order valence-electron chi connectivity index (χ0n) is 13.4. The molecule has 0 radical (unpaired) electrons. The molecule has 1 N–H and O–H groups in total. The normalized spacial score (nSPS) is 14.2. The van der Waals surface area contributed by atoms with Crippen LogP contribution in [-0.2, 0) is 9.59 Å². The number of likely N-dealkylation sites (tertiary alicyclic amines) is 1. The minimum absolute atomic E-state index is 0.0144. The highest BCUT2D eigenvalue weighted by Crippen LogP contribution is 2.13. The smallest absolute Gasteiger partial charge is 0.260 e. The predicted octanol–water partition coefficient (Wildman–Crippen LogP) is 1.44. The number of nitriles is 1. The molecule has 0 aromatic heterocycles. The van der Waals surface area contributed by atoms with Crippen LogP contribution in [0, 0.1) is 11.3 Å². The first-order valence-corrected chi connectivity index (χ1v) is 7.88. The molecule has 1 aliphatic heterocycles. The lowest BCUT2D eigenvalue weighted by Crippen LogP contribution is -2.38. The van der Waals surface area contributed by atoms with E-state index in [9.17, 15) is 9.59 Å². The summed E-state index contributed by atoms with van der Waals surface area (Å²) in [6, 6.07) is 8.74. The number of hydrogen-bond donors (Lipinski definition) is 1. The van der Waals surface area contributed by atoms with Crippen LogP contribution < -0.4 is 10.2 Å². The van der Waals surface area contributed by atoms with Crippen LogP contribution in [-0.4, -0.2) is 42.6 Å². The molecule has 0 atom stereocenters. The summed E-state index contributed by atoms with van der Waals surface area (Å²) in [5.41, 5.74) is 3.02. The molecule has 7 nitrogen and oxygen atoms in total. The molecule has 1 fully saturated rings. The van der Waals surface area contributed by atoms with Gasteiger partial charge in [0.15, 0.2) is 6.61 Å². The number of nitrogens with one attached hydrogen (secondary N) is 1. The molecule has 7 heteroatoms. The number of hydrogen-bond acceptors (Lipinski definition) is 5. The second kappa shape index (κ2) is 9.30. The Morgan fingerprint density at radius 1 is 1.25 bits per heavy atom. The Kier molecular flexibility index (Phi) is 6.77.